The molecule has 0 aromatic heterocycles. The molecule has 0 bridgehead atoms. The molecule has 0 unspecified atom stereocenters. The van der Waals surface area contributed by atoms with Gasteiger partial charge in [0.1, 0.15) is 0 Å². The highest BCUT2D eigenvalue weighted by Gasteiger charge is 2.32. The molecule has 0 spiro atoms. The van der Waals surface area contributed by atoms with Gasteiger partial charge in [-0.15, -0.1) is 0 Å². The van der Waals surface area contributed by atoms with Gasteiger partial charge in [0.15, 0.2) is 11.5 Å². The van der Waals surface area contributed by atoms with Gasteiger partial charge in [-0.1, -0.05) is 18.5 Å². The van der Waals surface area contributed by atoms with Crippen LogP contribution in [0.15, 0.2) is 12.1 Å². The molecule has 4 nitrogen and oxygen atoms in total. The molecule has 0 saturated carbocycles. The fourth-order valence-corrected chi connectivity index (χ4v) is 2.74. The van der Waals surface area contributed by atoms with Crippen LogP contribution in [0.3, 0.4) is 0 Å². The van der Waals surface area contributed by atoms with Crippen molar-refractivity contribution in [2.24, 2.45) is 5.41 Å². The van der Waals surface area contributed by atoms with Crippen molar-refractivity contribution in [1.29, 1.82) is 0 Å². The summed E-state index contributed by atoms with van der Waals surface area (Å²) in [7, 11) is 0. The SMILES string of the molecule is CC1(CNCc2cc(Cl)c3c(c2)OCCCO3)COC1. The first kappa shape index (κ1) is 14.0. The largest absolute Gasteiger partial charge is 0.489 e. The predicted molar refractivity (Wildman–Crippen MR) is 77.7 cm³/mol. The van der Waals surface area contributed by atoms with Crippen molar-refractivity contribution in [1.82, 2.24) is 5.32 Å². The van der Waals surface area contributed by atoms with Gasteiger partial charge in [-0.2, -0.15) is 0 Å². The summed E-state index contributed by atoms with van der Waals surface area (Å²) < 4.78 is 16.6. The Labute approximate surface area is 124 Å². The molecular weight excluding hydrogens is 278 g/mol. The van der Waals surface area contributed by atoms with Gasteiger partial charge in [-0.25, -0.2) is 0 Å². The molecule has 20 heavy (non-hydrogen) atoms. The number of hydrogen-bond acceptors (Lipinski definition) is 4. The van der Waals surface area contributed by atoms with E-state index in [1.807, 2.05) is 12.1 Å². The summed E-state index contributed by atoms with van der Waals surface area (Å²) in [4.78, 5) is 0. The molecule has 0 aliphatic carbocycles. The van der Waals surface area contributed by atoms with Crippen LogP contribution in [0.2, 0.25) is 5.02 Å². The number of rotatable bonds is 4. The van der Waals surface area contributed by atoms with E-state index in [0.29, 0.717) is 24.0 Å². The van der Waals surface area contributed by atoms with Crippen LogP contribution in [0.4, 0.5) is 0 Å². The summed E-state index contributed by atoms with van der Waals surface area (Å²) >= 11 is 6.27. The van der Waals surface area contributed by atoms with Crippen molar-refractivity contribution in [3.8, 4) is 11.5 Å². The summed E-state index contributed by atoms with van der Waals surface area (Å²) in [5.41, 5.74) is 1.39. The molecule has 0 atom stereocenters. The maximum atomic E-state index is 6.27. The summed E-state index contributed by atoms with van der Waals surface area (Å²) in [5, 5.41) is 4.08. The van der Waals surface area contributed by atoms with E-state index in [9.17, 15) is 0 Å². The lowest BCUT2D eigenvalue weighted by atomic mass is 9.89. The van der Waals surface area contributed by atoms with E-state index in [2.05, 4.69) is 12.2 Å². The third-order valence-electron chi connectivity index (χ3n) is 3.64. The van der Waals surface area contributed by atoms with Crippen LogP contribution >= 0.6 is 11.6 Å². The molecule has 1 fully saturated rings. The first-order chi connectivity index (χ1) is 9.66. The Bertz CT molecular complexity index is 488. The molecule has 0 amide bonds. The van der Waals surface area contributed by atoms with Gasteiger partial charge in [-0.05, 0) is 17.7 Å². The molecule has 3 rings (SSSR count). The van der Waals surface area contributed by atoms with Gasteiger partial charge in [-0.3, -0.25) is 0 Å². The Morgan fingerprint density at radius 2 is 2.05 bits per heavy atom. The summed E-state index contributed by atoms with van der Waals surface area (Å²) in [5.74, 6) is 1.43. The molecule has 2 aliphatic heterocycles. The quantitative estimate of drug-likeness (QED) is 0.927. The number of ether oxygens (including phenoxy) is 3. The van der Waals surface area contributed by atoms with Gasteiger partial charge in [0.05, 0.1) is 31.5 Å². The van der Waals surface area contributed by atoms with Crippen LogP contribution in [0.1, 0.15) is 18.9 Å². The van der Waals surface area contributed by atoms with Crippen LogP contribution in [0, 0.1) is 5.41 Å². The zero-order valence-electron chi connectivity index (χ0n) is 11.7. The standard InChI is InChI=1S/C15H20ClNO3/c1-15(9-18-10-15)8-17-7-11-5-12(16)14-13(6-11)19-3-2-4-20-14/h5-6,17H,2-4,7-10H2,1H3. The Hall–Kier alpha value is -0.970. The summed E-state index contributed by atoms with van der Waals surface area (Å²) in [6.07, 6.45) is 0.886. The van der Waals surface area contributed by atoms with E-state index in [1.165, 1.54) is 0 Å². The van der Waals surface area contributed by atoms with Crippen LogP contribution in [0.5, 0.6) is 11.5 Å². The van der Waals surface area contributed by atoms with E-state index >= 15 is 0 Å². The maximum Gasteiger partial charge on any atom is 0.179 e. The monoisotopic (exact) mass is 297 g/mol. The molecule has 1 saturated heterocycles. The third-order valence-corrected chi connectivity index (χ3v) is 3.92. The van der Waals surface area contributed by atoms with Crippen molar-refractivity contribution in [3.05, 3.63) is 22.7 Å². The first-order valence-electron chi connectivity index (χ1n) is 7.03. The number of nitrogens with one attached hydrogen (secondary N) is 1. The highest BCUT2D eigenvalue weighted by molar-refractivity contribution is 6.32. The lowest BCUT2D eigenvalue weighted by Gasteiger charge is -2.38. The zero-order valence-corrected chi connectivity index (χ0v) is 12.5. The Balaban J connectivity index is 1.64. The van der Waals surface area contributed by atoms with E-state index in [-0.39, 0.29) is 5.41 Å². The first-order valence-corrected chi connectivity index (χ1v) is 7.41. The second-order valence-electron chi connectivity index (χ2n) is 5.86. The molecular formula is C15H20ClNO3. The van der Waals surface area contributed by atoms with Crippen LogP contribution in [-0.2, 0) is 11.3 Å². The second kappa shape index (κ2) is 5.80. The van der Waals surface area contributed by atoms with E-state index in [0.717, 1.165) is 44.0 Å². The minimum atomic E-state index is 0.273. The van der Waals surface area contributed by atoms with Crippen molar-refractivity contribution in [3.63, 3.8) is 0 Å². The molecule has 2 heterocycles. The minimum absolute atomic E-state index is 0.273. The summed E-state index contributed by atoms with van der Waals surface area (Å²) in [6.45, 7) is 6.94. The van der Waals surface area contributed by atoms with Gasteiger partial charge in [0.2, 0.25) is 0 Å². The fourth-order valence-electron chi connectivity index (χ4n) is 2.45. The van der Waals surface area contributed by atoms with Gasteiger partial charge in [0, 0.05) is 24.9 Å². The van der Waals surface area contributed by atoms with Crippen LogP contribution < -0.4 is 14.8 Å². The van der Waals surface area contributed by atoms with Crippen molar-refractivity contribution >= 4 is 11.6 Å². The average Bonchev–Trinajstić information content (AvgIpc) is 2.62. The molecule has 2 aliphatic rings. The third kappa shape index (κ3) is 3.03. The number of halogens is 1. The zero-order chi connectivity index (χ0) is 14.0. The molecule has 5 heteroatoms. The van der Waals surface area contributed by atoms with E-state index in [1.54, 1.807) is 0 Å². The van der Waals surface area contributed by atoms with Crippen LogP contribution in [0.25, 0.3) is 0 Å². The average molecular weight is 298 g/mol. The second-order valence-corrected chi connectivity index (χ2v) is 6.27. The number of fused-ring (bicyclic) bond motifs is 1. The van der Waals surface area contributed by atoms with Crippen molar-refractivity contribution < 1.29 is 14.2 Å². The maximum absolute atomic E-state index is 6.27. The smallest absolute Gasteiger partial charge is 0.179 e. The molecule has 1 N–H and O–H groups in total. The molecule has 110 valence electrons. The fraction of sp³-hybridized carbons (Fsp3) is 0.600. The highest BCUT2D eigenvalue weighted by atomic mass is 35.5. The van der Waals surface area contributed by atoms with Crippen molar-refractivity contribution in [2.45, 2.75) is 19.9 Å². The van der Waals surface area contributed by atoms with E-state index < -0.39 is 0 Å². The van der Waals surface area contributed by atoms with Gasteiger partial charge in [0.25, 0.3) is 0 Å². The molecule has 1 aromatic rings. The molecule has 1 aromatic carbocycles. The number of benzene rings is 1. The lowest BCUT2D eigenvalue weighted by Crippen LogP contribution is -2.47. The normalized spacial score (nSPS) is 20.1. The number of hydrogen-bond donors (Lipinski definition) is 1. The van der Waals surface area contributed by atoms with Gasteiger partial charge >= 0.3 is 0 Å². The Kier molecular flexibility index (Phi) is 4.06. The lowest BCUT2D eigenvalue weighted by molar-refractivity contribution is -0.0991. The van der Waals surface area contributed by atoms with Gasteiger partial charge < -0.3 is 19.5 Å². The minimum Gasteiger partial charge on any atom is -0.489 e. The van der Waals surface area contributed by atoms with Crippen LogP contribution in [-0.4, -0.2) is 33.0 Å². The van der Waals surface area contributed by atoms with E-state index in [4.69, 9.17) is 25.8 Å². The summed E-state index contributed by atoms with van der Waals surface area (Å²) in [6, 6.07) is 3.96. The molecule has 0 radical (unpaired) electrons. The van der Waals surface area contributed by atoms with Crippen molar-refractivity contribution in [2.75, 3.05) is 33.0 Å². The topological polar surface area (TPSA) is 39.7 Å². The Morgan fingerprint density at radius 1 is 1.25 bits per heavy atom. The predicted octanol–water partition coefficient (Wildman–Crippen LogP) is 2.63. The Morgan fingerprint density at radius 3 is 2.80 bits per heavy atom. The highest BCUT2D eigenvalue weighted by Crippen LogP contribution is 2.38.